The molecule has 0 aliphatic rings. The summed E-state index contributed by atoms with van der Waals surface area (Å²) in [7, 11) is 0. The van der Waals surface area contributed by atoms with Gasteiger partial charge in [0.1, 0.15) is 0 Å². The van der Waals surface area contributed by atoms with Crippen LogP contribution in [0.25, 0.3) is 10.9 Å². The first kappa shape index (κ1) is 17.3. The van der Waals surface area contributed by atoms with Crippen LogP contribution >= 0.6 is 23.2 Å². The minimum atomic E-state index is 0.516. The Morgan fingerprint density at radius 2 is 1.88 bits per heavy atom. The molecule has 1 heterocycles. The minimum absolute atomic E-state index is 0.516. The van der Waals surface area contributed by atoms with E-state index in [1.807, 2.05) is 18.2 Å². The quantitative estimate of drug-likeness (QED) is 0.580. The smallest absolute Gasteiger partial charge is 0.0595 e. The minimum Gasteiger partial charge on any atom is -0.343 e. The van der Waals surface area contributed by atoms with Crippen molar-refractivity contribution in [1.29, 1.82) is 0 Å². The van der Waals surface area contributed by atoms with Crippen LogP contribution in [0.1, 0.15) is 31.4 Å². The van der Waals surface area contributed by atoms with Gasteiger partial charge >= 0.3 is 0 Å². The highest BCUT2D eigenvalue weighted by atomic mass is 35.5. The summed E-state index contributed by atoms with van der Waals surface area (Å²) in [5, 5.41) is 6.08. The molecule has 126 valence electrons. The standard InChI is InChI=1S/C20H22Cl2N2/c1-3-14(2)23-11-16-13-24(20-7-5-4-6-17(16)20)12-15-8-9-18(21)19(22)10-15/h4-10,13-14,23H,3,11-12H2,1-2H3/t14-/m0/s1. The molecular weight excluding hydrogens is 339 g/mol. The third kappa shape index (κ3) is 3.77. The summed E-state index contributed by atoms with van der Waals surface area (Å²) in [4.78, 5) is 0. The SMILES string of the molecule is CC[C@H](C)NCc1cn(Cc2ccc(Cl)c(Cl)c2)c2ccccc12. The number of hydrogen-bond acceptors (Lipinski definition) is 1. The molecule has 0 aliphatic heterocycles. The van der Waals surface area contributed by atoms with Crippen molar-refractivity contribution in [1.82, 2.24) is 9.88 Å². The maximum absolute atomic E-state index is 6.15. The van der Waals surface area contributed by atoms with Crippen LogP contribution in [0.3, 0.4) is 0 Å². The van der Waals surface area contributed by atoms with Crippen LogP contribution in [0.15, 0.2) is 48.7 Å². The predicted molar refractivity (Wildman–Crippen MR) is 104 cm³/mol. The number of nitrogens with one attached hydrogen (secondary N) is 1. The number of halogens is 2. The Balaban J connectivity index is 1.91. The molecule has 0 radical (unpaired) electrons. The van der Waals surface area contributed by atoms with E-state index in [0.29, 0.717) is 16.1 Å². The largest absolute Gasteiger partial charge is 0.343 e. The molecule has 0 unspecified atom stereocenters. The molecule has 1 atom stereocenters. The van der Waals surface area contributed by atoms with E-state index in [-0.39, 0.29) is 0 Å². The average Bonchev–Trinajstić information content (AvgIpc) is 2.94. The van der Waals surface area contributed by atoms with E-state index < -0.39 is 0 Å². The molecular formula is C20H22Cl2N2. The molecule has 0 fully saturated rings. The lowest BCUT2D eigenvalue weighted by molar-refractivity contribution is 0.535. The molecule has 2 aromatic carbocycles. The number of nitrogens with zero attached hydrogens (tertiary/aromatic N) is 1. The Morgan fingerprint density at radius 1 is 1.08 bits per heavy atom. The van der Waals surface area contributed by atoms with E-state index in [0.717, 1.165) is 25.1 Å². The number of aromatic nitrogens is 1. The van der Waals surface area contributed by atoms with E-state index in [1.165, 1.54) is 16.5 Å². The van der Waals surface area contributed by atoms with Crippen molar-refractivity contribution < 1.29 is 0 Å². The highest BCUT2D eigenvalue weighted by molar-refractivity contribution is 6.42. The second kappa shape index (κ2) is 7.60. The van der Waals surface area contributed by atoms with Gasteiger partial charge < -0.3 is 9.88 Å². The fraction of sp³-hybridized carbons (Fsp3) is 0.300. The average molecular weight is 361 g/mol. The van der Waals surface area contributed by atoms with Gasteiger partial charge in [-0.05, 0) is 42.7 Å². The van der Waals surface area contributed by atoms with E-state index in [2.05, 4.69) is 54.2 Å². The first-order valence-electron chi connectivity index (χ1n) is 8.32. The number of para-hydroxylation sites is 1. The lowest BCUT2D eigenvalue weighted by atomic mass is 10.1. The topological polar surface area (TPSA) is 17.0 Å². The summed E-state index contributed by atoms with van der Waals surface area (Å²) in [5.41, 5.74) is 3.71. The summed E-state index contributed by atoms with van der Waals surface area (Å²) >= 11 is 12.2. The maximum atomic E-state index is 6.15. The highest BCUT2D eigenvalue weighted by Gasteiger charge is 2.10. The van der Waals surface area contributed by atoms with E-state index >= 15 is 0 Å². The monoisotopic (exact) mass is 360 g/mol. The van der Waals surface area contributed by atoms with Gasteiger partial charge in [-0.1, -0.05) is 54.4 Å². The summed E-state index contributed by atoms with van der Waals surface area (Å²) in [6.07, 6.45) is 3.37. The van der Waals surface area contributed by atoms with Gasteiger partial charge in [0.15, 0.2) is 0 Å². The van der Waals surface area contributed by atoms with Gasteiger partial charge in [0, 0.05) is 36.2 Å². The van der Waals surface area contributed by atoms with Crippen molar-refractivity contribution in [2.24, 2.45) is 0 Å². The Morgan fingerprint density at radius 3 is 2.62 bits per heavy atom. The van der Waals surface area contributed by atoms with Crippen molar-refractivity contribution in [3.05, 3.63) is 69.8 Å². The van der Waals surface area contributed by atoms with Crippen molar-refractivity contribution in [2.75, 3.05) is 0 Å². The van der Waals surface area contributed by atoms with Crippen molar-refractivity contribution in [3.8, 4) is 0 Å². The van der Waals surface area contributed by atoms with Crippen LogP contribution in [0, 0.1) is 0 Å². The molecule has 0 saturated heterocycles. The fourth-order valence-electron chi connectivity index (χ4n) is 2.86. The van der Waals surface area contributed by atoms with Crippen molar-refractivity contribution in [2.45, 2.75) is 39.4 Å². The van der Waals surface area contributed by atoms with Crippen LogP contribution < -0.4 is 5.32 Å². The molecule has 0 aliphatic carbocycles. The number of hydrogen-bond donors (Lipinski definition) is 1. The van der Waals surface area contributed by atoms with Gasteiger partial charge in [-0.3, -0.25) is 0 Å². The summed E-state index contributed by atoms with van der Waals surface area (Å²) in [5.74, 6) is 0. The second-order valence-corrected chi connectivity index (χ2v) is 7.05. The van der Waals surface area contributed by atoms with Gasteiger partial charge in [0.05, 0.1) is 10.0 Å². The van der Waals surface area contributed by atoms with Crippen LogP contribution in [0.4, 0.5) is 0 Å². The molecule has 3 rings (SSSR count). The molecule has 4 heteroatoms. The number of fused-ring (bicyclic) bond motifs is 1. The maximum Gasteiger partial charge on any atom is 0.0595 e. The fourth-order valence-corrected chi connectivity index (χ4v) is 3.18. The summed E-state index contributed by atoms with van der Waals surface area (Å²) < 4.78 is 2.28. The lowest BCUT2D eigenvalue weighted by Gasteiger charge is -2.10. The molecule has 3 aromatic rings. The van der Waals surface area contributed by atoms with E-state index in [4.69, 9.17) is 23.2 Å². The normalized spacial score (nSPS) is 12.7. The third-order valence-electron chi connectivity index (χ3n) is 4.46. The number of benzene rings is 2. The predicted octanol–water partition coefficient (Wildman–Crippen LogP) is 5.88. The van der Waals surface area contributed by atoms with Crippen LogP contribution in [-0.4, -0.2) is 10.6 Å². The third-order valence-corrected chi connectivity index (χ3v) is 5.20. The summed E-state index contributed by atoms with van der Waals surface area (Å²) in [6, 6.07) is 14.9. The van der Waals surface area contributed by atoms with Gasteiger partial charge in [0.2, 0.25) is 0 Å². The van der Waals surface area contributed by atoms with Crippen LogP contribution in [-0.2, 0) is 13.1 Å². The van der Waals surface area contributed by atoms with Gasteiger partial charge in [-0.15, -0.1) is 0 Å². The number of rotatable bonds is 6. The molecule has 0 saturated carbocycles. The molecule has 0 spiro atoms. The van der Waals surface area contributed by atoms with Crippen LogP contribution in [0.5, 0.6) is 0 Å². The molecule has 0 bridgehead atoms. The van der Waals surface area contributed by atoms with Crippen molar-refractivity contribution >= 4 is 34.1 Å². The zero-order valence-corrected chi connectivity index (χ0v) is 15.5. The molecule has 1 aromatic heterocycles. The Kier molecular flexibility index (Phi) is 5.50. The zero-order chi connectivity index (χ0) is 17.1. The molecule has 24 heavy (non-hydrogen) atoms. The molecule has 1 N–H and O–H groups in total. The Hall–Kier alpha value is -1.48. The molecule has 2 nitrogen and oxygen atoms in total. The van der Waals surface area contributed by atoms with Gasteiger partial charge in [-0.2, -0.15) is 0 Å². The molecule has 0 amide bonds. The van der Waals surface area contributed by atoms with E-state index in [1.54, 1.807) is 0 Å². The summed E-state index contributed by atoms with van der Waals surface area (Å²) in [6.45, 7) is 6.07. The van der Waals surface area contributed by atoms with Crippen molar-refractivity contribution in [3.63, 3.8) is 0 Å². The van der Waals surface area contributed by atoms with Crippen LogP contribution in [0.2, 0.25) is 10.0 Å². The van der Waals surface area contributed by atoms with Gasteiger partial charge in [0.25, 0.3) is 0 Å². The zero-order valence-electron chi connectivity index (χ0n) is 14.0. The first-order valence-corrected chi connectivity index (χ1v) is 9.08. The second-order valence-electron chi connectivity index (χ2n) is 6.24. The Labute approximate surface area is 153 Å². The van der Waals surface area contributed by atoms with E-state index in [9.17, 15) is 0 Å². The van der Waals surface area contributed by atoms with Gasteiger partial charge in [-0.25, -0.2) is 0 Å². The first-order chi connectivity index (χ1) is 11.6. The lowest BCUT2D eigenvalue weighted by Crippen LogP contribution is -2.24. The Bertz CT molecular complexity index is 839. The highest BCUT2D eigenvalue weighted by Crippen LogP contribution is 2.26.